The minimum atomic E-state index is -2.72. The van der Waals surface area contributed by atoms with Crippen LogP contribution in [0, 0.1) is 0 Å². The van der Waals surface area contributed by atoms with Gasteiger partial charge in [-0.2, -0.15) is 0 Å². The number of rotatable bonds is 44. The van der Waals surface area contributed by atoms with Gasteiger partial charge in [-0.25, -0.2) is 0 Å². The molecule has 388 valence electrons. The van der Waals surface area contributed by atoms with Crippen molar-refractivity contribution in [1.82, 2.24) is 0 Å². The van der Waals surface area contributed by atoms with Crippen LogP contribution in [0.25, 0.3) is 30.9 Å². The second kappa shape index (κ2) is 35.9. The van der Waals surface area contributed by atoms with Crippen LogP contribution in [0.1, 0.15) is 261 Å². The van der Waals surface area contributed by atoms with Gasteiger partial charge >= 0.3 is 351 Å². The molecule has 2 nitrogen and oxygen atoms in total. The number of fused-ring (bicyclic) bond motifs is 6. The third-order valence-corrected chi connectivity index (χ3v) is 54.7. The first kappa shape index (κ1) is 60.4. The molecule has 0 unspecified atom stereocenters. The molecule has 2 heterocycles. The van der Waals surface area contributed by atoms with Crippen LogP contribution in [0.15, 0.2) is 24.3 Å². The first-order valence-corrected chi connectivity index (χ1v) is 46.7. The van der Waals surface area contributed by atoms with Crippen molar-refractivity contribution in [3.05, 3.63) is 24.3 Å². The van der Waals surface area contributed by atoms with Gasteiger partial charge in [-0.05, 0) is 0 Å². The van der Waals surface area contributed by atoms with Crippen molar-refractivity contribution in [2.75, 3.05) is 13.2 Å². The second-order valence-corrected chi connectivity index (χ2v) is 52.2. The van der Waals surface area contributed by atoms with Crippen LogP contribution in [0.5, 0.6) is 11.5 Å². The van der Waals surface area contributed by atoms with Crippen molar-refractivity contribution >= 4 is 96.2 Å². The van der Waals surface area contributed by atoms with E-state index in [4.69, 9.17) is 9.47 Å². The Balaban J connectivity index is 1.83. The van der Waals surface area contributed by atoms with E-state index in [0.29, 0.717) is 0 Å². The summed E-state index contributed by atoms with van der Waals surface area (Å²) in [5, 5.41) is 6.11. The summed E-state index contributed by atoms with van der Waals surface area (Å²) in [7, 11) is 0. The van der Waals surface area contributed by atoms with Crippen molar-refractivity contribution in [1.29, 1.82) is 0 Å². The molecular formula is C62H108O2S2Sn2. The van der Waals surface area contributed by atoms with Crippen molar-refractivity contribution in [2.45, 2.75) is 287 Å². The van der Waals surface area contributed by atoms with E-state index in [9.17, 15) is 0 Å². The number of ether oxygens (including phenoxy) is 2. The topological polar surface area (TPSA) is 18.5 Å². The molecule has 0 fully saturated rings. The molecule has 6 heteroatoms. The molecule has 0 aliphatic carbocycles. The van der Waals surface area contributed by atoms with E-state index in [1.807, 2.05) is 5.79 Å². The number of hydrogen-bond acceptors (Lipinski definition) is 4. The zero-order valence-electron chi connectivity index (χ0n) is 46.2. The summed E-state index contributed by atoms with van der Waals surface area (Å²) in [6.07, 6.45) is 43.4. The molecule has 4 aromatic rings. The number of thiophene rings is 2. The predicted molar refractivity (Wildman–Crippen MR) is 318 cm³/mol. The Morgan fingerprint density at radius 3 is 0.794 bits per heavy atom. The zero-order chi connectivity index (χ0) is 48.7. The quantitative estimate of drug-likeness (QED) is 0.0325. The van der Waals surface area contributed by atoms with E-state index in [-0.39, 0.29) is 0 Å². The Hall–Kier alpha value is -0.183. The SMILES string of the molecule is CCCCCCCCCCCCOc1cc2c(cc1OCCCCCCCCCCCC)c1s[c]([Sn]([CH2]CCC)([CH2]CCC)[CH2]CCC)cc1c1c[c]([Sn]([CH2]CCC)([CH2]CCC)[CH2]CCC)sc12. The van der Waals surface area contributed by atoms with Crippen LogP contribution in [-0.2, 0) is 0 Å². The van der Waals surface area contributed by atoms with Gasteiger partial charge in [-0.3, -0.25) is 0 Å². The van der Waals surface area contributed by atoms with E-state index in [0.717, 1.165) is 37.6 Å². The van der Waals surface area contributed by atoms with Crippen LogP contribution >= 0.6 is 22.7 Å². The van der Waals surface area contributed by atoms with Crippen molar-refractivity contribution in [3.8, 4) is 11.5 Å². The number of benzene rings is 2. The van der Waals surface area contributed by atoms with Crippen molar-refractivity contribution < 1.29 is 9.47 Å². The average molecular weight is 1190 g/mol. The molecule has 0 N–H and O–H groups in total. The summed E-state index contributed by atoms with van der Waals surface area (Å²) >= 11 is -0.902. The van der Waals surface area contributed by atoms with Crippen molar-refractivity contribution in [2.24, 2.45) is 0 Å². The molecule has 4 rings (SSSR count). The first-order chi connectivity index (χ1) is 33.4. The molecule has 0 aliphatic heterocycles. The van der Waals surface area contributed by atoms with Crippen LogP contribution in [0.4, 0.5) is 0 Å². The Bertz CT molecular complexity index is 1720. The zero-order valence-corrected chi connectivity index (χ0v) is 53.6. The van der Waals surface area contributed by atoms with E-state index in [1.165, 1.54) is 230 Å². The molecular weight excluding hydrogens is 1080 g/mol. The van der Waals surface area contributed by atoms with Gasteiger partial charge in [0.25, 0.3) is 0 Å². The molecule has 0 amide bonds. The first-order valence-electron chi connectivity index (χ1n) is 30.1. The molecule has 0 spiro atoms. The summed E-state index contributed by atoms with van der Waals surface area (Å²) in [4.78, 5) is 0. The number of unbranched alkanes of at least 4 members (excludes halogenated alkanes) is 24. The fourth-order valence-electron chi connectivity index (χ4n) is 11.4. The molecule has 2 aromatic heterocycles. The van der Waals surface area contributed by atoms with Gasteiger partial charge in [-0.15, -0.1) is 0 Å². The Morgan fingerprint density at radius 1 is 0.294 bits per heavy atom. The molecule has 0 saturated carbocycles. The van der Waals surface area contributed by atoms with Gasteiger partial charge in [0.1, 0.15) is 0 Å². The monoisotopic (exact) mass is 1190 g/mol. The summed E-state index contributed by atoms with van der Waals surface area (Å²) in [5.74, 6) is 2.01. The normalized spacial score (nSPS) is 12.4. The fourth-order valence-corrected chi connectivity index (χ4v) is 52.0. The van der Waals surface area contributed by atoms with Gasteiger partial charge in [0.2, 0.25) is 0 Å². The predicted octanol–water partition coefficient (Wildman–Crippen LogP) is 22.0. The van der Waals surface area contributed by atoms with E-state index < -0.39 is 36.8 Å². The van der Waals surface area contributed by atoms with E-state index >= 15 is 0 Å². The van der Waals surface area contributed by atoms with Gasteiger partial charge in [0, 0.05) is 0 Å². The maximum absolute atomic E-state index is 6.96. The fraction of sp³-hybridized carbons (Fsp3) is 0.774. The van der Waals surface area contributed by atoms with Gasteiger partial charge in [0.15, 0.2) is 0 Å². The van der Waals surface area contributed by atoms with E-state index in [1.54, 1.807) is 20.2 Å². The molecule has 0 bridgehead atoms. The van der Waals surface area contributed by atoms with Crippen LogP contribution in [0.3, 0.4) is 0 Å². The second-order valence-electron chi connectivity index (χ2n) is 21.8. The summed E-state index contributed by atoms with van der Waals surface area (Å²) in [6.45, 7) is 20.8. The number of hydrogen-bond donors (Lipinski definition) is 0. The third kappa shape index (κ3) is 19.3. The Kier molecular flexibility index (Phi) is 31.9. The molecule has 0 radical (unpaired) electrons. The standard InChI is InChI=1S/C38H54O2S2.6C4H9.2Sn/c1-3-5-7-9-11-13-15-17-19-21-25-39-35-29-33-34(38-32(24-28-42-38)31-23-27-41-37(31)33)30-36(35)40-26-22-20-18-16-14-12-10-8-6-4-2;6*1-3-4-2;;/h23-24,29-30H,3-22,25-26H2,1-2H3;6*1,3-4H2,2H3;;. The van der Waals surface area contributed by atoms with Gasteiger partial charge in [-0.1, -0.05) is 90.9 Å². The molecule has 2 aromatic carbocycles. The van der Waals surface area contributed by atoms with Crippen LogP contribution in [-0.4, -0.2) is 50.0 Å². The molecule has 68 heavy (non-hydrogen) atoms. The maximum atomic E-state index is 6.96. The average Bonchev–Trinajstić information content (AvgIpc) is 4.02. The van der Waals surface area contributed by atoms with E-state index in [2.05, 4.69) is 102 Å². The summed E-state index contributed by atoms with van der Waals surface area (Å²) in [5.41, 5.74) is 0. The van der Waals surface area contributed by atoms with Gasteiger partial charge in [0.05, 0.1) is 0 Å². The van der Waals surface area contributed by atoms with Crippen molar-refractivity contribution in [3.63, 3.8) is 0 Å². The Labute approximate surface area is 438 Å². The minimum absolute atomic E-state index is 0.786. The van der Waals surface area contributed by atoms with Gasteiger partial charge < -0.3 is 0 Å². The summed E-state index contributed by atoms with van der Waals surface area (Å²) in [6, 6.07) is 10.7. The molecule has 0 saturated heterocycles. The molecule has 0 atom stereocenters. The van der Waals surface area contributed by atoms with Crippen LogP contribution in [0.2, 0.25) is 26.6 Å². The Morgan fingerprint density at radius 2 is 0.529 bits per heavy atom. The molecule has 0 aliphatic rings. The summed E-state index contributed by atoms with van der Waals surface area (Å²) < 4.78 is 30.0. The van der Waals surface area contributed by atoms with Crippen LogP contribution < -0.4 is 15.3 Å². The third-order valence-electron chi connectivity index (χ3n) is 15.9.